The van der Waals surface area contributed by atoms with E-state index in [0.717, 1.165) is 51.3 Å². The largest absolute Gasteiger partial charge is 0.492 e. The zero-order chi connectivity index (χ0) is 17.8. The Hall–Kier alpha value is -2.35. The van der Waals surface area contributed by atoms with Crippen LogP contribution in [0.1, 0.15) is 35.1 Å². The van der Waals surface area contributed by atoms with Crippen LogP contribution in [0.15, 0.2) is 42.5 Å². The molecule has 0 saturated carbocycles. The summed E-state index contributed by atoms with van der Waals surface area (Å²) < 4.78 is 5.98. The van der Waals surface area contributed by atoms with E-state index in [4.69, 9.17) is 4.74 Å². The highest BCUT2D eigenvalue weighted by Crippen LogP contribution is 2.26. The van der Waals surface area contributed by atoms with Crippen molar-refractivity contribution in [3.05, 3.63) is 64.7 Å². The Morgan fingerprint density at radius 1 is 1.08 bits per heavy atom. The van der Waals surface area contributed by atoms with Crippen LogP contribution in [0.5, 0.6) is 5.75 Å². The average molecular weight is 347 g/mol. The van der Waals surface area contributed by atoms with Gasteiger partial charge in [-0.3, -0.25) is 4.90 Å². The van der Waals surface area contributed by atoms with Gasteiger partial charge in [0.1, 0.15) is 11.8 Å². The van der Waals surface area contributed by atoms with Crippen molar-refractivity contribution >= 4 is 0 Å². The zero-order valence-electron chi connectivity index (χ0n) is 15.1. The number of benzene rings is 2. The summed E-state index contributed by atoms with van der Waals surface area (Å²) in [5, 5.41) is 12.9. The lowest BCUT2D eigenvalue weighted by atomic mass is 9.99. The van der Waals surface area contributed by atoms with Gasteiger partial charge < -0.3 is 10.1 Å². The van der Waals surface area contributed by atoms with Gasteiger partial charge in [0.2, 0.25) is 0 Å². The molecule has 134 valence electrons. The molecule has 26 heavy (non-hydrogen) atoms. The molecule has 0 spiro atoms. The third-order valence-corrected chi connectivity index (χ3v) is 5.41. The molecule has 2 aromatic carbocycles. The summed E-state index contributed by atoms with van der Waals surface area (Å²) in [5.74, 6) is 1.31. The van der Waals surface area contributed by atoms with Crippen molar-refractivity contribution in [2.75, 3.05) is 19.7 Å². The molecule has 2 aliphatic rings. The lowest BCUT2D eigenvalue weighted by Crippen LogP contribution is -2.30. The van der Waals surface area contributed by atoms with Gasteiger partial charge in [-0.1, -0.05) is 30.3 Å². The van der Waals surface area contributed by atoms with Crippen molar-refractivity contribution in [1.29, 1.82) is 5.26 Å². The molecule has 2 heterocycles. The fraction of sp³-hybridized carbons (Fsp3) is 0.409. The third kappa shape index (κ3) is 3.90. The second-order valence-electron chi connectivity index (χ2n) is 7.36. The Morgan fingerprint density at radius 2 is 1.81 bits per heavy atom. The van der Waals surface area contributed by atoms with Crippen molar-refractivity contribution < 1.29 is 4.74 Å². The number of ether oxygens (including phenoxy) is 1. The number of fused-ring (bicyclic) bond motifs is 1. The fourth-order valence-electron chi connectivity index (χ4n) is 3.92. The molecule has 2 aromatic rings. The summed E-state index contributed by atoms with van der Waals surface area (Å²) in [6.07, 6.45) is 2.30. The molecular weight excluding hydrogens is 322 g/mol. The fourth-order valence-corrected chi connectivity index (χ4v) is 3.92. The van der Waals surface area contributed by atoms with Crippen LogP contribution < -0.4 is 10.1 Å². The minimum Gasteiger partial charge on any atom is -0.492 e. The van der Waals surface area contributed by atoms with E-state index in [0.29, 0.717) is 18.1 Å². The van der Waals surface area contributed by atoms with Gasteiger partial charge in [-0.05, 0) is 60.7 Å². The summed E-state index contributed by atoms with van der Waals surface area (Å²) in [6, 6.07) is 17.0. The number of nitrogens with one attached hydrogen (secondary N) is 1. The first-order valence-corrected chi connectivity index (χ1v) is 9.47. The highest BCUT2D eigenvalue weighted by atomic mass is 16.5. The maximum absolute atomic E-state index is 9.53. The quantitative estimate of drug-likeness (QED) is 0.900. The molecular formula is C22H25N3O. The Bertz CT molecular complexity index is 780. The van der Waals surface area contributed by atoms with E-state index in [1.807, 2.05) is 12.1 Å². The minimum absolute atomic E-state index is 0.588. The Labute approximate surface area is 155 Å². The summed E-state index contributed by atoms with van der Waals surface area (Å²) in [6.45, 7) is 5.65. The topological polar surface area (TPSA) is 48.3 Å². The normalized spacial score (nSPS) is 17.7. The molecule has 0 atom stereocenters. The van der Waals surface area contributed by atoms with Gasteiger partial charge in [-0.25, -0.2) is 0 Å². The van der Waals surface area contributed by atoms with Crippen LogP contribution in [0.4, 0.5) is 0 Å². The molecule has 4 heteroatoms. The molecule has 1 fully saturated rings. The Morgan fingerprint density at radius 3 is 2.50 bits per heavy atom. The smallest absolute Gasteiger partial charge is 0.137 e. The van der Waals surface area contributed by atoms with Gasteiger partial charge in [0.05, 0.1) is 12.2 Å². The predicted molar refractivity (Wildman–Crippen MR) is 102 cm³/mol. The zero-order valence-corrected chi connectivity index (χ0v) is 15.1. The summed E-state index contributed by atoms with van der Waals surface area (Å²) >= 11 is 0. The lowest BCUT2D eigenvalue weighted by Gasteiger charge is -2.23. The van der Waals surface area contributed by atoms with Crippen LogP contribution in [-0.4, -0.2) is 24.6 Å². The summed E-state index contributed by atoms with van der Waals surface area (Å²) in [5.41, 5.74) is 4.64. The molecule has 4 rings (SSSR count). The van der Waals surface area contributed by atoms with E-state index >= 15 is 0 Å². The van der Waals surface area contributed by atoms with Gasteiger partial charge in [0.25, 0.3) is 0 Å². The molecule has 1 saturated heterocycles. The van der Waals surface area contributed by atoms with Crippen LogP contribution in [0.2, 0.25) is 0 Å². The lowest BCUT2D eigenvalue weighted by molar-refractivity contribution is 0.214. The van der Waals surface area contributed by atoms with E-state index in [2.05, 4.69) is 46.6 Å². The highest BCUT2D eigenvalue weighted by Gasteiger charge is 2.19. The van der Waals surface area contributed by atoms with Gasteiger partial charge in [0, 0.05) is 19.6 Å². The van der Waals surface area contributed by atoms with Crippen molar-refractivity contribution in [3.8, 4) is 11.8 Å². The predicted octanol–water partition coefficient (Wildman–Crippen LogP) is 3.45. The third-order valence-electron chi connectivity index (χ3n) is 5.41. The monoisotopic (exact) mass is 347 g/mol. The number of piperidine rings is 1. The van der Waals surface area contributed by atoms with E-state index in [9.17, 15) is 5.26 Å². The molecule has 0 amide bonds. The molecule has 0 unspecified atom stereocenters. The molecule has 0 radical (unpaired) electrons. The van der Waals surface area contributed by atoms with Crippen LogP contribution >= 0.6 is 0 Å². The number of rotatable bonds is 5. The highest BCUT2D eigenvalue weighted by molar-refractivity contribution is 5.45. The maximum atomic E-state index is 9.53. The number of nitriles is 1. The standard InChI is InChI=1S/C22H25N3O/c23-12-21-11-18(13-25-14-19-3-1-2-4-20(19)15-25)5-6-22(21)26-16-17-7-9-24-10-8-17/h1-6,11,17,24H,7-10,13-16H2. The number of nitrogens with zero attached hydrogens (tertiary/aromatic N) is 2. The Kier molecular flexibility index (Phi) is 5.19. The van der Waals surface area contributed by atoms with Crippen molar-refractivity contribution in [1.82, 2.24) is 10.2 Å². The molecule has 0 bridgehead atoms. The van der Waals surface area contributed by atoms with Crippen LogP contribution in [0.3, 0.4) is 0 Å². The maximum Gasteiger partial charge on any atom is 0.137 e. The molecule has 1 N–H and O–H groups in total. The van der Waals surface area contributed by atoms with Gasteiger partial charge in [0.15, 0.2) is 0 Å². The van der Waals surface area contributed by atoms with Gasteiger partial charge in [-0.15, -0.1) is 0 Å². The van der Waals surface area contributed by atoms with E-state index in [1.165, 1.54) is 16.7 Å². The molecule has 0 aromatic heterocycles. The molecule has 0 aliphatic carbocycles. The van der Waals surface area contributed by atoms with E-state index in [-0.39, 0.29) is 0 Å². The van der Waals surface area contributed by atoms with Crippen LogP contribution in [0.25, 0.3) is 0 Å². The second kappa shape index (κ2) is 7.90. The molecule has 4 nitrogen and oxygen atoms in total. The van der Waals surface area contributed by atoms with Crippen LogP contribution in [-0.2, 0) is 19.6 Å². The minimum atomic E-state index is 0.588. The number of hydrogen-bond acceptors (Lipinski definition) is 4. The van der Waals surface area contributed by atoms with Crippen molar-refractivity contribution in [2.24, 2.45) is 5.92 Å². The van der Waals surface area contributed by atoms with E-state index < -0.39 is 0 Å². The SMILES string of the molecule is N#Cc1cc(CN2Cc3ccccc3C2)ccc1OCC1CCNCC1. The molecule has 2 aliphatic heterocycles. The van der Waals surface area contributed by atoms with E-state index in [1.54, 1.807) is 0 Å². The van der Waals surface area contributed by atoms with Gasteiger partial charge >= 0.3 is 0 Å². The van der Waals surface area contributed by atoms with Crippen LogP contribution in [0, 0.1) is 17.2 Å². The Balaban J connectivity index is 1.38. The van der Waals surface area contributed by atoms with Gasteiger partial charge in [-0.2, -0.15) is 5.26 Å². The van der Waals surface area contributed by atoms with Crippen molar-refractivity contribution in [2.45, 2.75) is 32.5 Å². The first kappa shape index (κ1) is 17.1. The summed E-state index contributed by atoms with van der Waals surface area (Å²) in [7, 11) is 0. The number of hydrogen-bond donors (Lipinski definition) is 1. The van der Waals surface area contributed by atoms with Crippen molar-refractivity contribution in [3.63, 3.8) is 0 Å². The second-order valence-corrected chi connectivity index (χ2v) is 7.36. The summed E-state index contributed by atoms with van der Waals surface area (Å²) in [4.78, 5) is 2.41. The average Bonchev–Trinajstić information content (AvgIpc) is 3.10. The first-order valence-electron chi connectivity index (χ1n) is 9.47. The first-order chi connectivity index (χ1) is 12.8.